The van der Waals surface area contributed by atoms with Crippen molar-refractivity contribution in [2.75, 3.05) is 7.05 Å². The third-order valence-electron chi connectivity index (χ3n) is 2.90. The first-order valence-electron chi connectivity index (χ1n) is 5.96. The van der Waals surface area contributed by atoms with Gasteiger partial charge in [0.05, 0.1) is 5.56 Å². The molecule has 1 amide bonds. The summed E-state index contributed by atoms with van der Waals surface area (Å²) >= 11 is 5.77. The van der Waals surface area contributed by atoms with Crippen LogP contribution in [0.1, 0.15) is 15.9 Å². The Balaban J connectivity index is 2.21. The normalized spacial score (nSPS) is 10.3. The number of carbonyl (C=O) groups is 1. The molecule has 0 bridgehead atoms. The molecule has 0 heterocycles. The fourth-order valence-electron chi connectivity index (χ4n) is 1.84. The standard InChI is InChI=1S/C15H13ClFNO2/c1-18(9-10-4-2-3-5-14(10)19)15(20)12-8-11(16)6-7-13(12)17/h2-8,19H,9H2,1H3. The molecule has 0 fully saturated rings. The summed E-state index contributed by atoms with van der Waals surface area (Å²) in [5.74, 6) is -1.02. The lowest BCUT2D eigenvalue weighted by molar-refractivity contribution is 0.0779. The molecule has 20 heavy (non-hydrogen) atoms. The molecule has 2 rings (SSSR count). The molecule has 0 aliphatic heterocycles. The fourth-order valence-corrected chi connectivity index (χ4v) is 2.01. The van der Waals surface area contributed by atoms with E-state index in [0.717, 1.165) is 6.07 Å². The molecule has 0 aliphatic carbocycles. The topological polar surface area (TPSA) is 40.5 Å². The summed E-state index contributed by atoms with van der Waals surface area (Å²) in [6.07, 6.45) is 0. The van der Waals surface area contributed by atoms with E-state index in [-0.39, 0.29) is 17.9 Å². The Labute approximate surface area is 121 Å². The number of carbonyl (C=O) groups excluding carboxylic acids is 1. The summed E-state index contributed by atoms with van der Waals surface area (Å²) in [6.45, 7) is 0.178. The second-order valence-electron chi connectivity index (χ2n) is 4.41. The summed E-state index contributed by atoms with van der Waals surface area (Å²) in [7, 11) is 1.54. The Morgan fingerprint density at radius 1 is 1.30 bits per heavy atom. The number of rotatable bonds is 3. The molecular weight excluding hydrogens is 281 g/mol. The highest BCUT2D eigenvalue weighted by Gasteiger charge is 2.17. The van der Waals surface area contributed by atoms with Crippen LogP contribution >= 0.6 is 11.6 Å². The monoisotopic (exact) mass is 293 g/mol. The van der Waals surface area contributed by atoms with Crippen LogP contribution in [0.4, 0.5) is 4.39 Å². The first-order chi connectivity index (χ1) is 9.49. The lowest BCUT2D eigenvalue weighted by atomic mass is 10.1. The Bertz CT molecular complexity index is 646. The van der Waals surface area contributed by atoms with Crippen molar-refractivity contribution < 1.29 is 14.3 Å². The number of phenolic OH excluding ortho intramolecular Hbond substituents is 1. The average molecular weight is 294 g/mol. The van der Waals surface area contributed by atoms with E-state index in [1.54, 1.807) is 18.2 Å². The van der Waals surface area contributed by atoms with Crippen LogP contribution in [-0.2, 0) is 6.54 Å². The first-order valence-corrected chi connectivity index (χ1v) is 6.34. The highest BCUT2D eigenvalue weighted by molar-refractivity contribution is 6.30. The number of para-hydroxylation sites is 1. The molecule has 0 saturated carbocycles. The van der Waals surface area contributed by atoms with E-state index in [2.05, 4.69) is 0 Å². The van der Waals surface area contributed by atoms with E-state index in [1.165, 1.54) is 30.1 Å². The van der Waals surface area contributed by atoms with Crippen molar-refractivity contribution in [1.29, 1.82) is 0 Å². The quantitative estimate of drug-likeness (QED) is 0.941. The molecule has 0 aliphatic rings. The van der Waals surface area contributed by atoms with Gasteiger partial charge in [0.2, 0.25) is 0 Å². The van der Waals surface area contributed by atoms with Crippen LogP contribution in [-0.4, -0.2) is 23.0 Å². The lowest BCUT2D eigenvalue weighted by Gasteiger charge is -2.18. The van der Waals surface area contributed by atoms with Crippen LogP contribution in [0.3, 0.4) is 0 Å². The van der Waals surface area contributed by atoms with Crippen molar-refractivity contribution in [3.8, 4) is 5.75 Å². The minimum absolute atomic E-state index is 0.0876. The van der Waals surface area contributed by atoms with E-state index < -0.39 is 11.7 Å². The largest absolute Gasteiger partial charge is 0.508 e. The summed E-state index contributed by atoms with van der Waals surface area (Å²) in [5, 5.41) is 9.97. The smallest absolute Gasteiger partial charge is 0.256 e. The van der Waals surface area contributed by atoms with Crippen molar-refractivity contribution in [2.24, 2.45) is 0 Å². The Kier molecular flexibility index (Phi) is 4.25. The molecule has 2 aromatic carbocycles. The SMILES string of the molecule is CN(Cc1ccccc1O)C(=O)c1cc(Cl)ccc1F. The molecule has 0 atom stereocenters. The van der Waals surface area contributed by atoms with E-state index in [0.29, 0.717) is 10.6 Å². The van der Waals surface area contributed by atoms with E-state index in [1.807, 2.05) is 0 Å². The number of hydrogen-bond acceptors (Lipinski definition) is 2. The van der Waals surface area contributed by atoms with Crippen molar-refractivity contribution in [1.82, 2.24) is 4.90 Å². The molecule has 3 nitrogen and oxygen atoms in total. The van der Waals surface area contributed by atoms with Gasteiger partial charge in [0, 0.05) is 24.2 Å². The number of halogens is 2. The van der Waals surface area contributed by atoms with Crippen LogP contribution in [0.15, 0.2) is 42.5 Å². The van der Waals surface area contributed by atoms with E-state index in [4.69, 9.17) is 11.6 Å². The van der Waals surface area contributed by atoms with Crippen LogP contribution in [0.25, 0.3) is 0 Å². The molecule has 104 valence electrons. The van der Waals surface area contributed by atoms with Crippen LogP contribution < -0.4 is 0 Å². The summed E-state index contributed by atoms with van der Waals surface area (Å²) in [6, 6.07) is 10.5. The molecule has 0 spiro atoms. The maximum atomic E-state index is 13.6. The van der Waals surface area contributed by atoms with Gasteiger partial charge in [-0.2, -0.15) is 0 Å². The van der Waals surface area contributed by atoms with Gasteiger partial charge in [-0.1, -0.05) is 29.8 Å². The molecule has 0 unspecified atom stereocenters. The van der Waals surface area contributed by atoms with E-state index in [9.17, 15) is 14.3 Å². The lowest BCUT2D eigenvalue weighted by Crippen LogP contribution is -2.27. The van der Waals surface area contributed by atoms with Gasteiger partial charge in [0.25, 0.3) is 5.91 Å². The maximum Gasteiger partial charge on any atom is 0.256 e. The predicted octanol–water partition coefficient (Wildman–Crippen LogP) is 3.46. The second-order valence-corrected chi connectivity index (χ2v) is 4.85. The summed E-state index contributed by atoms with van der Waals surface area (Å²) in [5.41, 5.74) is 0.501. The molecular formula is C15H13ClFNO2. The molecule has 0 aromatic heterocycles. The summed E-state index contributed by atoms with van der Waals surface area (Å²) < 4.78 is 13.6. The molecule has 5 heteroatoms. The average Bonchev–Trinajstić information content (AvgIpc) is 2.43. The Morgan fingerprint density at radius 2 is 2.00 bits per heavy atom. The minimum Gasteiger partial charge on any atom is -0.508 e. The van der Waals surface area contributed by atoms with Gasteiger partial charge in [0.1, 0.15) is 11.6 Å². The summed E-state index contributed by atoms with van der Waals surface area (Å²) in [4.78, 5) is 13.5. The number of phenols is 1. The van der Waals surface area contributed by atoms with Crippen molar-refractivity contribution in [3.05, 3.63) is 64.4 Å². The zero-order chi connectivity index (χ0) is 14.7. The van der Waals surface area contributed by atoms with Gasteiger partial charge >= 0.3 is 0 Å². The van der Waals surface area contributed by atoms with Crippen LogP contribution in [0.5, 0.6) is 5.75 Å². The molecule has 1 N–H and O–H groups in total. The van der Waals surface area contributed by atoms with Gasteiger partial charge in [-0.05, 0) is 24.3 Å². The highest BCUT2D eigenvalue weighted by atomic mass is 35.5. The van der Waals surface area contributed by atoms with Gasteiger partial charge in [-0.3, -0.25) is 4.79 Å². The van der Waals surface area contributed by atoms with Gasteiger partial charge in [0.15, 0.2) is 0 Å². The molecule has 2 aromatic rings. The number of hydrogen-bond donors (Lipinski definition) is 1. The maximum absolute atomic E-state index is 13.6. The van der Waals surface area contributed by atoms with Gasteiger partial charge in [-0.15, -0.1) is 0 Å². The van der Waals surface area contributed by atoms with Crippen molar-refractivity contribution in [2.45, 2.75) is 6.54 Å². The third-order valence-corrected chi connectivity index (χ3v) is 3.14. The fraction of sp³-hybridized carbons (Fsp3) is 0.133. The third kappa shape index (κ3) is 3.08. The van der Waals surface area contributed by atoms with Gasteiger partial charge < -0.3 is 10.0 Å². The minimum atomic E-state index is -0.622. The van der Waals surface area contributed by atoms with E-state index >= 15 is 0 Å². The number of nitrogens with zero attached hydrogens (tertiary/aromatic N) is 1. The number of amides is 1. The number of aromatic hydroxyl groups is 1. The predicted molar refractivity (Wildman–Crippen MR) is 75.3 cm³/mol. The number of benzene rings is 2. The Morgan fingerprint density at radius 3 is 2.70 bits per heavy atom. The van der Waals surface area contributed by atoms with Crippen LogP contribution in [0.2, 0.25) is 5.02 Å². The molecule has 0 radical (unpaired) electrons. The highest BCUT2D eigenvalue weighted by Crippen LogP contribution is 2.20. The van der Waals surface area contributed by atoms with Crippen LogP contribution in [0, 0.1) is 5.82 Å². The Hall–Kier alpha value is -2.07. The zero-order valence-corrected chi connectivity index (χ0v) is 11.6. The first kappa shape index (κ1) is 14.3. The molecule has 0 saturated heterocycles. The van der Waals surface area contributed by atoms with Crippen molar-refractivity contribution in [3.63, 3.8) is 0 Å². The second kappa shape index (κ2) is 5.92. The van der Waals surface area contributed by atoms with Crippen molar-refractivity contribution >= 4 is 17.5 Å². The zero-order valence-electron chi connectivity index (χ0n) is 10.8. The van der Waals surface area contributed by atoms with Gasteiger partial charge in [-0.25, -0.2) is 4.39 Å².